The normalized spacial score (nSPS) is 16.1. The fourth-order valence-electron chi connectivity index (χ4n) is 4.75. The van der Waals surface area contributed by atoms with E-state index in [0.717, 1.165) is 5.39 Å². The second kappa shape index (κ2) is 13.6. The summed E-state index contributed by atoms with van der Waals surface area (Å²) in [6, 6.07) is 7.87. The molecule has 4 rings (SSSR count). The topological polar surface area (TPSA) is 126 Å². The molecular formula is C30H30F4N4O5. The van der Waals surface area contributed by atoms with E-state index in [1.165, 1.54) is 6.07 Å². The van der Waals surface area contributed by atoms with E-state index in [0.29, 0.717) is 18.5 Å². The van der Waals surface area contributed by atoms with Gasteiger partial charge in [0.2, 0.25) is 23.4 Å². The molecule has 9 nitrogen and oxygen atoms in total. The van der Waals surface area contributed by atoms with Crippen molar-refractivity contribution in [1.82, 2.24) is 20.9 Å². The maximum atomic E-state index is 14.1. The molecule has 228 valence electrons. The highest BCUT2D eigenvalue weighted by atomic mass is 19.2. The number of carbonyl (C=O) groups excluding carboxylic acids is 4. The number of hydrogen-bond acceptors (Lipinski definition) is 6. The van der Waals surface area contributed by atoms with E-state index in [4.69, 9.17) is 4.74 Å². The summed E-state index contributed by atoms with van der Waals surface area (Å²) in [5, 5.41) is 8.60. The van der Waals surface area contributed by atoms with E-state index in [9.17, 15) is 36.7 Å². The number of rotatable bonds is 12. The molecule has 0 saturated carbocycles. The number of halogens is 4. The molecule has 0 bridgehead atoms. The first-order valence-corrected chi connectivity index (χ1v) is 13.7. The van der Waals surface area contributed by atoms with Gasteiger partial charge in [-0.3, -0.25) is 19.2 Å². The number of Topliss-reactive ketones (excluding diaryl/α,β-unsaturated/α-hetero) is 1. The molecule has 3 amide bonds. The number of ketones is 1. The summed E-state index contributed by atoms with van der Waals surface area (Å²) in [7, 11) is 0. The fraction of sp³-hybridized carbons (Fsp3) is 0.367. The zero-order valence-electron chi connectivity index (χ0n) is 23.4. The molecule has 0 spiro atoms. The van der Waals surface area contributed by atoms with Crippen molar-refractivity contribution in [3.8, 4) is 5.75 Å². The van der Waals surface area contributed by atoms with Gasteiger partial charge in [-0.15, -0.1) is 0 Å². The number of carbonyl (C=O) groups is 4. The number of benzene rings is 2. The van der Waals surface area contributed by atoms with Crippen molar-refractivity contribution in [2.75, 3.05) is 13.2 Å². The summed E-state index contributed by atoms with van der Waals surface area (Å²) < 4.78 is 60.2. The maximum Gasteiger partial charge on any atom is 0.270 e. The SMILES string of the molecule is CC(C)CC(NC(=O)c1ccc2ccccc2n1)C(=O)NC(CC1CCNC1=O)C(=O)COc1c(F)c(F)cc(F)c1F. The first-order chi connectivity index (χ1) is 20.4. The van der Waals surface area contributed by atoms with Crippen molar-refractivity contribution < 1.29 is 41.5 Å². The van der Waals surface area contributed by atoms with Crippen LogP contribution < -0.4 is 20.7 Å². The summed E-state index contributed by atoms with van der Waals surface area (Å²) in [4.78, 5) is 56.2. The Morgan fingerprint density at radius 2 is 1.70 bits per heavy atom. The first kappa shape index (κ1) is 31.4. The highest BCUT2D eigenvalue weighted by Crippen LogP contribution is 2.27. The predicted molar refractivity (Wildman–Crippen MR) is 147 cm³/mol. The standard InChI is InChI=1S/C30H30F4N4O5/c1-15(2)11-23(38-29(41)21-8-7-16-5-3-4-6-20(16)36-21)30(42)37-22(12-17-9-10-35-28(17)40)24(39)14-43-27-25(33)18(31)13-19(32)26(27)34/h3-8,13,15,17,22-23H,9-12,14H2,1-2H3,(H,35,40)(H,37,42)(H,38,41). The van der Waals surface area contributed by atoms with Crippen LogP contribution in [0.5, 0.6) is 5.75 Å². The van der Waals surface area contributed by atoms with Gasteiger partial charge in [-0.1, -0.05) is 38.1 Å². The molecular weight excluding hydrogens is 572 g/mol. The molecule has 3 unspecified atom stereocenters. The van der Waals surface area contributed by atoms with Gasteiger partial charge in [0.15, 0.2) is 23.2 Å². The van der Waals surface area contributed by atoms with Gasteiger partial charge in [-0.05, 0) is 37.3 Å². The average Bonchev–Trinajstić information content (AvgIpc) is 3.38. The number of pyridine rings is 1. The molecule has 1 aliphatic rings. The van der Waals surface area contributed by atoms with E-state index in [2.05, 4.69) is 20.9 Å². The molecule has 0 aliphatic carbocycles. The third kappa shape index (κ3) is 7.65. The molecule has 1 aliphatic heterocycles. The lowest BCUT2D eigenvalue weighted by molar-refractivity contribution is -0.131. The number of para-hydroxylation sites is 1. The molecule has 13 heteroatoms. The van der Waals surface area contributed by atoms with Crippen molar-refractivity contribution >= 4 is 34.4 Å². The Morgan fingerprint density at radius 3 is 2.35 bits per heavy atom. The Morgan fingerprint density at radius 1 is 1.00 bits per heavy atom. The minimum absolute atomic E-state index is 0.00231. The average molecular weight is 603 g/mol. The lowest BCUT2D eigenvalue weighted by Crippen LogP contribution is -2.53. The largest absolute Gasteiger partial charge is 0.479 e. The molecule has 2 aromatic carbocycles. The van der Waals surface area contributed by atoms with Gasteiger partial charge in [0.1, 0.15) is 18.3 Å². The van der Waals surface area contributed by atoms with E-state index >= 15 is 0 Å². The number of fused-ring (bicyclic) bond motifs is 1. The van der Waals surface area contributed by atoms with Crippen molar-refractivity contribution in [2.45, 2.75) is 45.2 Å². The number of aromatic nitrogens is 1. The lowest BCUT2D eigenvalue weighted by atomic mass is 9.95. The third-order valence-corrected chi connectivity index (χ3v) is 6.98. The number of hydrogen-bond donors (Lipinski definition) is 3. The smallest absolute Gasteiger partial charge is 0.270 e. The van der Waals surface area contributed by atoms with Crippen LogP contribution in [0.1, 0.15) is 43.6 Å². The maximum absolute atomic E-state index is 14.1. The van der Waals surface area contributed by atoms with Gasteiger partial charge in [-0.2, -0.15) is 8.78 Å². The lowest BCUT2D eigenvalue weighted by Gasteiger charge is -2.25. The second-order valence-corrected chi connectivity index (χ2v) is 10.7. The fourth-order valence-corrected chi connectivity index (χ4v) is 4.75. The zero-order chi connectivity index (χ0) is 31.3. The van der Waals surface area contributed by atoms with Gasteiger partial charge in [-0.25, -0.2) is 13.8 Å². The van der Waals surface area contributed by atoms with Crippen LogP contribution in [0.25, 0.3) is 10.9 Å². The van der Waals surface area contributed by atoms with Gasteiger partial charge in [0.05, 0.1) is 11.6 Å². The molecule has 1 saturated heterocycles. The summed E-state index contributed by atoms with van der Waals surface area (Å²) in [5.74, 6) is -11.9. The van der Waals surface area contributed by atoms with Crippen molar-refractivity contribution in [2.24, 2.45) is 11.8 Å². The first-order valence-electron chi connectivity index (χ1n) is 13.7. The van der Waals surface area contributed by atoms with E-state index in [-0.39, 0.29) is 36.4 Å². The molecule has 3 N–H and O–H groups in total. The highest BCUT2D eigenvalue weighted by Gasteiger charge is 2.34. The summed E-state index contributed by atoms with van der Waals surface area (Å²) in [6.45, 7) is 2.92. The van der Waals surface area contributed by atoms with Crippen LogP contribution in [0, 0.1) is 35.1 Å². The van der Waals surface area contributed by atoms with E-state index in [1.807, 2.05) is 26.0 Å². The van der Waals surface area contributed by atoms with Crippen LogP contribution in [0.2, 0.25) is 0 Å². The van der Waals surface area contributed by atoms with E-state index < -0.39 is 71.2 Å². The summed E-state index contributed by atoms with van der Waals surface area (Å²) in [5.41, 5.74) is 0.641. The Bertz CT molecular complexity index is 1520. The van der Waals surface area contributed by atoms with Crippen molar-refractivity contribution in [3.63, 3.8) is 0 Å². The van der Waals surface area contributed by atoms with Crippen LogP contribution in [0.4, 0.5) is 17.6 Å². The third-order valence-electron chi connectivity index (χ3n) is 6.98. The molecule has 43 heavy (non-hydrogen) atoms. The molecule has 1 aromatic heterocycles. The van der Waals surface area contributed by atoms with Crippen LogP contribution in [0.3, 0.4) is 0 Å². The highest BCUT2D eigenvalue weighted by molar-refractivity contribution is 5.99. The number of ether oxygens (including phenoxy) is 1. The Kier molecular flexibility index (Phi) is 9.94. The van der Waals surface area contributed by atoms with E-state index in [1.54, 1.807) is 18.2 Å². The van der Waals surface area contributed by atoms with Crippen LogP contribution >= 0.6 is 0 Å². The number of nitrogens with zero attached hydrogens (tertiary/aromatic N) is 1. The number of nitrogens with one attached hydrogen (secondary N) is 3. The monoisotopic (exact) mass is 602 g/mol. The van der Waals surface area contributed by atoms with Crippen LogP contribution in [-0.4, -0.2) is 53.7 Å². The minimum atomic E-state index is -1.83. The Hall–Kier alpha value is -4.55. The van der Waals surface area contributed by atoms with Gasteiger partial charge in [0.25, 0.3) is 5.91 Å². The summed E-state index contributed by atoms with van der Waals surface area (Å²) in [6.07, 6.45) is 0.347. The summed E-state index contributed by atoms with van der Waals surface area (Å²) >= 11 is 0. The van der Waals surface area contributed by atoms with Crippen LogP contribution in [0.15, 0.2) is 42.5 Å². The predicted octanol–water partition coefficient (Wildman–Crippen LogP) is 3.59. The molecule has 3 aromatic rings. The zero-order valence-corrected chi connectivity index (χ0v) is 23.4. The quantitative estimate of drug-likeness (QED) is 0.215. The molecule has 1 fully saturated rings. The van der Waals surface area contributed by atoms with Gasteiger partial charge < -0.3 is 20.7 Å². The number of amides is 3. The van der Waals surface area contributed by atoms with Crippen molar-refractivity contribution in [3.05, 3.63) is 71.4 Å². The molecule has 3 atom stereocenters. The minimum Gasteiger partial charge on any atom is -0.479 e. The Labute approximate surface area is 244 Å². The van der Waals surface area contributed by atoms with Crippen molar-refractivity contribution in [1.29, 1.82) is 0 Å². The second-order valence-electron chi connectivity index (χ2n) is 10.7. The molecule has 0 radical (unpaired) electrons. The Balaban J connectivity index is 1.52. The molecule has 2 heterocycles. The van der Waals surface area contributed by atoms with Crippen LogP contribution in [-0.2, 0) is 14.4 Å². The van der Waals surface area contributed by atoms with Gasteiger partial charge in [0, 0.05) is 23.9 Å². The van der Waals surface area contributed by atoms with Gasteiger partial charge >= 0.3 is 0 Å².